The second-order valence-corrected chi connectivity index (χ2v) is 4.76. The van der Waals surface area contributed by atoms with Gasteiger partial charge in [-0.1, -0.05) is 19.3 Å². The van der Waals surface area contributed by atoms with Crippen molar-refractivity contribution in [1.29, 1.82) is 0 Å². The van der Waals surface area contributed by atoms with E-state index in [-0.39, 0.29) is 11.6 Å². The highest BCUT2D eigenvalue weighted by Gasteiger charge is 2.43. The van der Waals surface area contributed by atoms with Crippen LogP contribution in [0.4, 0.5) is 0 Å². The number of nitrogens with two attached hydrogens (primary N) is 1. The number of hydrogen-bond donors (Lipinski definition) is 1. The van der Waals surface area contributed by atoms with Crippen molar-refractivity contribution in [3.05, 3.63) is 0 Å². The van der Waals surface area contributed by atoms with Gasteiger partial charge in [-0.3, -0.25) is 0 Å². The molecule has 1 unspecified atom stereocenters. The lowest BCUT2D eigenvalue weighted by atomic mass is 9.69. The summed E-state index contributed by atoms with van der Waals surface area (Å²) in [5, 5.41) is 0. The smallest absolute Gasteiger partial charge is 0.0829 e. The van der Waals surface area contributed by atoms with Crippen LogP contribution < -0.4 is 5.73 Å². The minimum atomic E-state index is 0.0651. The van der Waals surface area contributed by atoms with E-state index in [9.17, 15) is 0 Å². The van der Waals surface area contributed by atoms with Crippen LogP contribution in [-0.2, 0) is 4.74 Å². The first-order valence-corrected chi connectivity index (χ1v) is 5.57. The number of hydrogen-bond acceptors (Lipinski definition) is 2. The first-order valence-electron chi connectivity index (χ1n) is 5.57. The Kier molecular flexibility index (Phi) is 2.61. The fourth-order valence-corrected chi connectivity index (χ4v) is 2.55. The standard InChI is InChI=1S/C11H21NO/c1-13-11(6-3-7-11)10(12)8-9-4-2-5-9/h9-10H,2-8,12H2,1H3. The van der Waals surface area contributed by atoms with Crippen molar-refractivity contribution in [3.63, 3.8) is 0 Å². The van der Waals surface area contributed by atoms with E-state index in [1.165, 1.54) is 44.9 Å². The first-order chi connectivity index (χ1) is 6.27. The quantitative estimate of drug-likeness (QED) is 0.724. The number of rotatable bonds is 4. The van der Waals surface area contributed by atoms with Gasteiger partial charge < -0.3 is 10.5 Å². The Bertz CT molecular complexity index is 167. The molecule has 0 heterocycles. The summed E-state index contributed by atoms with van der Waals surface area (Å²) in [5.41, 5.74) is 6.27. The van der Waals surface area contributed by atoms with Gasteiger partial charge in [-0.2, -0.15) is 0 Å². The van der Waals surface area contributed by atoms with E-state index in [4.69, 9.17) is 10.5 Å². The Balaban J connectivity index is 1.83. The van der Waals surface area contributed by atoms with Gasteiger partial charge in [0.05, 0.1) is 5.60 Å². The fourth-order valence-electron chi connectivity index (χ4n) is 2.55. The monoisotopic (exact) mass is 183 g/mol. The normalized spacial score (nSPS) is 29.1. The Morgan fingerprint density at radius 3 is 2.38 bits per heavy atom. The van der Waals surface area contributed by atoms with Crippen LogP contribution in [0.5, 0.6) is 0 Å². The number of methoxy groups -OCH3 is 1. The van der Waals surface area contributed by atoms with E-state index in [0.29, 0.717) is 0 Å². The zero-order valence-electron chi connectivity index (χ0n) is 8.59. The van der Waals surface area contributed by atoms with Gasteiger partial charge in [-0.25, -0.2) is 0 Å². The zero-order valence-corrected chi connectivity index (χ0v) is 8.59. The van der Waals surface area contributed by atoms with Crippen LogP contribution in [-0.4, -0.2) is 18.8 Å². The van der Waals surface area contributed by atoms with Crippen molar-refractivity contribution < 1.29 is 4.74 Å². The molecule has 2 heteroatoms. The van der Waals surface area contributed by atoms with E-state index in [2.05, 4.69) is 0 Å². The molecule has 0 saturated heterocycles. The minimum Gasteiger partial charge on any atom is -0.377 e. The van der Waals surface area contributed by atoms with Crippen molar-refractivity contribution in [1.82, 2.24) is 0 Å². The molecular formula is C11H21NO. The van der Waals surface area contributed by atoms with Crippen LogP contribution >= 0.6 is 0 Å². The van der Waals surface area contributed by atoms with Crippen LogP contribution in [0.2, 0.25) is 0 Å². The lowest BCUT2D eigenvalue weighted by molar-refractivity contribution is -0.0957. The van der Waals surface area contributed by atoms with Crippen molar-refractivity contribution in [2.24, 2.45) is 11.7 Å². The predicted molar refractivity (Wildman–Crippen MR) is 53.5 cm³/mol. The largest absolute Gasteiger partial charge is 0.377 e. The Labute approximate surface area is 80.8 Å². The molecule has 2 fully saturated rings. The minimum absolute atomic E-state index is 0.0651. The second kappa shape index (κ2) is 3.58. The lowest BCUT2D eigenvalue weighted by Gasteiger charge is -2.46. The molecule has 76 valence electrons. The molecule has 0 aromatic carbocycles. The van der Waals surface area contributed by atoms with Crippen LogP contribution in [0.1, 0.15) is 44.9 Å². The maximum Gasteiger partial charge on any atom is 0.0829 e. The maximum absolute atomic E-state index is 6.21. The van der Waals surface area contributed by atoms with Gasteiger partial charge in [0.1, 0.15) is 0 Å². The van der Waals surface area contributed by atoms with Crippen molar-refractivity contribution in [3.8, 4) is 0 Å². The van der Waals surface area contributed by atoms with Gasteiger partial charge in [0.15, 0.2) is 0 Å². The lowest BCUT2D eigenvalue weighted by Crippen LogP contribution is -2.55. The molecule has 0 spiro atoms. The molecule has 2 N–H and O–H groups in total. The predicted octanol–water partition coefficient (Wildman–Crippen LogP) is 2.07. The van der Waals surface area contributed by atoms with Gasteiger partial charge in [0, 0.05) is 13.2 Å². The molecule has 0 amide bonds. The average molecular weight is 183 g/mol. The van der Waals surface area contributed by atoms with E-state index < -0.39 is 0 Å². The second-order valence-electron chi connectivity index (χ2n) is 4.76. The first kappa shape index (κ1) is 9.47. The summed E-state index contributed by atoms with van der Waals surface area (Å²) in [7, 11) is 1.82. The summed E-state index contributed by atoms with van der Waals surface area (Å²) in [6, 6.07) is 0.288. The highest BCUT2D eigenvalue weighted by atomic mass is 16.5. The molecule has 2 nitrogen and oxygen atoms in total. The summed E-state index contributed by atoms with van der Waals surface area (Å²) in [4.78, 5) is 0. The van der Waals surface area contributed by atoms with Gasteiger partial charge in [-0.05, 0) is 31.6 Å². The van der Waals surface area contributed by atoms with Crippen LogP contribution in [0, 0.1) is 5.92 Å². The summed E-state index contributed by atoms with van der Waals surface area (Å²) in [5.74, 6) is 0.905. The van der Waals surface area contributed by atoms with Crippen molar-refractivity contribution in [2.45, 2.75) is 56.6 Å². The molecule has 0 bridgehead atoms. The molecule has 0 aromatic heterocycles. The third-order valence-corrected chi connectivity index (χ3v) is 4.09. The van der Waals surface area contributed by atoms with E-state index in [1.807, 2.05) is 7.11 Å². The molecule has 2 rings (SSSR count). The highest BCUT2D eigenvalue weighted by molar-refractivity contribution is 4.99. The average Bonchev–Trinajstić information content (AvgIpc) is 1.96. The fraction of sp³-hybridized carbons (Fsp3) is 1.00. The van der Waals surface area contributed by atoms with Crippen molar-refractivity contribution >= 4 is 0 Å². The zero-order chi connectivity index (χ0) is 9.31. The van der Waals surface area contributed by atoms with Crippen LogP contribution in [0.15, 0.2) is 0 Å². The van der Waals surface area contributed by atoms with Gasteiger partial charge >= 0.3 is 0 Å². The number of ether oxygens (including phenoxy) is 1. The molecule has 1 atom stereocenters. The summed E-state index contributed by atoms with van der Waals surface area (Å²) >= 11 is 0. The Morgan fingerprint density at radius 2 is 2.08 bits per heavy atom. The molecule has 13 heavy (non-hydrogen) atoms. The molecule has 2 aliphatic rings. The van der Waals surface area contributed by atoms with E-state index >= 15 is 0 Å². The Hall–Kier alpha value is -0.0800. The molecule has 0 aromatic rings. The third kappa shape index (κ3) is 1.62. The van der Waals surface area contributed by atoms with Gasteiger partial charge in [0.25, 0.3) is 0 Å². The van der Waals surface area contributed by atoms with Gasteiger partial charge in [0.2, 0.25) is 0 Å². The molecule has 0 aliphatic heterocycles. The van der Waals surface area contributed by atoms with E-state index in [1.54, 1.807) is 0 Å². The van der Waals surface area contributed by atoms with Crippen LogP contribution in [0.25, 0.3) is 0 Å². The summed E-state index contributed by atoms with van der Waals surface area (Å²) < 4.78 is 5.58. The molecule has 2 saturated carbocycles. The van der Waals surface area contributed by atoms with Crippen LogP contribution in [0.3, 0.4) is 0 Å². The summed E-state index contributed by atoms with van der Waals surface area (Å²) in [6.07, 6.45) is 9.05. The molecular weight excluding hydrogens is 162 g/mol. The van der Waals surface area contributed by atoms with Crippen molar-refractivity contribution in [2.75, 3.05) is 7.11 Å². The highest BCUT2D eigenvalue weighted by Crippen LogP contribution is 2.41. The SMILES string of the molecule is COC1(C(N)CC2CCC2)CCC1. The molecule has 0 radical (unpaired) electrons. The van der Waals surface area contributed by atoms with Gasteiger partial charge in [-0.15, -0.1) is 0 Å². The summed E-state index contributed by atoms with van der Waals surface area (Å²) in [6.45, 7) is 0. The topological polar surface area (TPSA) is 35.2 Å². The maximum atomic E-state index is 6.21. The Morgan fingerprint density at radius 1 is 1.38 bits per heavy atom. The van der Waals surface area contributed by atoms with E-state index in [0.717, 1.165) is 5.92 Å². The third-order valence-electron chi connectivity index (χ3n) is 4.09. The molecule has 2 aliphatic carbocycles.